The molecular weight excluding hydrogens is 350 g/mol. The van der Waals surface area contributed by atoms with Crippen molar-refractivity contribution in [2.75, 3.05) is 0 Å². The van der Waals surface area contributed by atoms with E-state index < -0.39 is 30.1 Å². The molecule has 1 aliphatic rings. The number of carboxylic acid groups (broad SMARTS) is 1. The molecule has 1 aliphatic heterocycles. The Morgan fingerprint density at radius 1 is 1.28 bits per heavy atom. The zero-order chi connectivity index (χ0) is 18.0. The molecule has 25 heavy (non-hydrogen) atoms. The number of hydrogen-bond donors (Lipinski definition) is 2. The summed E-state index contributed by atoms with van der Waals surface area (Å²) in [6.45, 7) is 1.71. The van der Waals surface area contributed by atoms with Gasteiger partial charge in [0, 0.05) is 10.6 Å². The number of aromatic nitrogens is 2. The second-order valence-electron chi connectivity index (χ2n) is 5.72. The average Bonchev–Trinajstić information content (AvgIpc) is 3.25. The van der Waals surface area contributed by atoms with Crippen molar-refractivity contribution in [2.45, 2.75) is 38.0 Å². The van der Waals surface area contributed by atoms with Gasteiger partial charge in [-0.15, -0.1) is 0 Å². The first-order valence-electron chi connectivity index (χ1n) is 7.72. The highest BCUT2D eigenvalue weighted by atomic mass is 35.5. The topological polar surface area (TPSA) is 115 Å². The van der Waals surface area contributed by atoms with Crippen molar-refractivity contribution in [2.24, 2.45) is 0 Å². The Balaban J connectivity index is 1.62. The summed E-state index contributed by atoms with van der Waals surface area (Å²) in [5.74, 6) is -0.829. The number of amides is 1. The SMILES string of the molecule is CC(NC(=O)[C@@H]1CC[C@H](C(=O)O)O1)c1noc(-c2ccc(Cl)cc2)n1. The fraction of sp³-hybridized carbons (Fsp3) is 0.375. The minimum Gasteiger partial charge on any atom is -0.479 e. The summed E-state index contributed by atoms with van der Waals surface area (Å²) >= 11 is 5.84. The van der Waals surface area contributed by atoms with Gasteiger partial charge in [-0.2, -0.15) is 4.98 Å². The lowest BCUT2D eigenvalue weighted by atomic mass is 10.2. The van der Waals surface area contributed by atoms with Gasteiger partial charge in [0.2, 0.25) is 5.91 Å². The molecule has 1 saturated heterocycles. The second kappa shape index (κ2) is 7.20. The first-order chi connectivity index (χ1) is 11.9. The van der Waals surface area contributed by atoms with Crippen molar-refractivity contribution >= 4 is 23.5 Å². The first-order valence-corrected chi connectivity index (χ1v) is 8.10. The molecule has 1 aromatic heterocycles. The molecule has 0 bridgehead atoms. The maximum absolute atomic E-state index is 12.2. The van der Waals surface area contributed by atoms with Crippen LogP contribution in [0.25, 0.3) is 11.5 Å². The maximum Gasteiger partial charge on any atom is 0.332 e. The van der Waals surface area contributed by atoms with Crippen molar-refractivity contribution < 1.29 is 24.0 Å². The fourth-order valence-corrected chi connectivity index (χ4v) is 2.63. The molecule has 0 spiro atoms. The van der Waals surface area contributed by atoms with Gasteiger partial charge < -0.3 is 19.7 Å². The number of benzene rings is 1. The maximum atomic E-state index is 12.2. The third-order valence-electron chi connectivity index (χ3n) is 3.87. The van der Waals surface area contributed by atoms with Crippen LogP contribution in [0.3, 0.4) is 0 Å². The summed E-state index contributed by atoms with van der Waals surface area (Å²) in [4.78, 5) is 27.3. The molecule has 0 saturated carbocycles. The smallest absolute Gasteiger partial charge is 0.332 e. The quantitative estimate of drug-likeness (QED) is 0.834. The Morgan fingerprint density at radius 2 is 1.96 bits per heavy atom. The van der Waals surface area contributed by atoms with Crippen molar-refractivity contribution in [1.82, 2.24) is 15.5 Å². The number of aliphatic carboxylic acids is 1. The van der Waals surface area contributed by atoms with E-state index in [1.165, 1.54) is 0 Å². The molecule has 8 nitrogen and oxygen atoms in total. The van der Waals surface area contributed by atoms with E-state index in [9.17, 15) is 9.59 Å². The molecule has 2 N–H and O–H groups in total. The standard InChI is InChI=1S/C16H16ClN3O5/c1-8(18-14(21)11-6-7-12(24-11)16(22)23)13-19-15(25-20-13)9-2-4-10(17)5-3-9/h2-5,8,11-12H,6-7H2,1H3,(H,18,21)(H,22,23)/t8?,11-,12+/m0/s1. The second-order valence-corrected chi connectivity index (χ2v) is 6.16. The predicted octanol–water partition coefficient (Wildman–Crippen LogP) is 2.20. The van der Waals surface area contributed by atoms with Crippen molar-refractivity contribution in [3.63, 3.8) is 0 Å². The highest BCUT2D eigenvalue weighted by Gasteiger charge is 2.35. The number of halogens is 1. The Kier molecular flexibility index (Phi) is 5.00. The molecule has 0 radical (unpaired) electrons. The van der Waals surface area contributed by atoms with Crippen LogP contribution in [0.2, 0.25) is 5.02 Å². The van der Waals surface area contributed by atoms with E-state index in [1.807, 2.05) is 0 Å². The summed E-state index contributed by atoms with van der Waals surface area (Å²) < 4.78 is 10.4. The number of carbonyl (C=O) groups excluding carboxylic acids is 1. The molecule has 2 aromatic rings. The Hall–Kier alpha value is -2.45. The van der Waals surface area contributed by atoms with Crippen LogP contribution in [-0.4, -0.2) is 39.3 Å². The molecule has 3 atom stereocenters. The lowest BCUT2D eigenvalue weighted by molar-refractivity contribution is -0.151. The minimum absolute atomic E-state index is 0.310. The van der Waals surface area contributed by atoms with E-state index in [0.717, 1.165) is 0 Å². The Morgan fingerprint density at radius 3 is 2.60 bits per heavy atom. The summed E-state index contributed by atoms with van der Waals surface area (Å²) in [6.07, 6.45) is -1.05. The van der Waals surface area contributed by atoms with Crippen LogP contribution in [0.15, 0.2) is 28.8 Å². The van der Waals surface area contributed by atoms with Crippen LogP contribution in [0, 0.1) is 0 Å². The summed E-state index contributed by atoms with van der Waals surface area (Å²) in [5, 5.41) is 16.1. The van der Waals surface area contributed by atoms with Gasteiger partial charge in [0.15, 0.2) is 11.9 Å². The lowest BCUT2D eigenvalue weighted by Gasteiger charge is -2.14. The van der Waals surface area contributed by atoms with E-state index >= 15 is 0 Å². The molecule has 2 heterocycles. The van der Waals surface area contributed by atoms with Gasteiger partial charge in [-0.3, -0.25) is 4.79 Å². The molecule has 1 unspecified atom stereocenters. The Bertz CT molecular complexity index is 776. The molecular formula is C16H16ClN3O5. The highest BCUT2D eigenvalue weighted by molar-refractivity contribution is 6.30. The zero-order valence-electron chi connectivity index (χ0n) is 13.3. The molecule has 132 valence electrons. The van der Waals surface area contributed by atoms with Gasteiger partial charge in [-0.05, 0) is 44.0 Å². The fourth-order valence-electron chi connectivity index (χ4n) is 2.50. The van der Waals surface area contributed by atoms with E-state index in [1.54, 1.807) is 31.2 Å². The van der Waals surface area contributed by atoms with Gasteiger partial charge in [0.05, 0.1) is 6.04 Å². The summed E-state index contributed by atoms with van der Waals surface area (Å²) in [5.41, 5.74) is 0.713. The van der Waals surface area contributed by atoms with Crippen molar-refractivity contribution in [3.05, 3.63) is 35.1 Å². The zero-order valence-corrected chi connectivity index (χ0v) is 14.1. The van der Waals surface area contributed by atoms with Crippen LogP contribution in [0.4, 0.5) is 0 Å². The van der Waals surface area contributed by atoms with Crippen LogP contribution < -0.4 is 5.32 Å². The van der Waals surface area contributed by atoms with Crippen molar-refractivity contribution in [1.29, 1.82) is 0 Å². The number of hydrogen-bond acceptors (Lipinski definition) is 6. The van der Waals surface area contributed by atoms with E-state index in [4.69, 9.17) is 26.0 Å². The van der Waals surface area contributed by atoms with Gasteiger partial charge in [0.25, 0.3) is 5.89 Å². The monoisotopic (exact) mass is 365 g/mol. The number of rotatable bonds is 5. The summed E-state index contributed by atoms with van der Waals surface area (Å²) in [7, 11) is 0. The van der Waals surface area contributed by atoms with Crippen molar-refractivity contribution in [3.8, 4) is 11.5 Å². The highest BCUT2D eigenvalue weighted by Crippen LogP contribution is 2.23. The third kappa shape index (κ3) is 3.97. The molecule has 9 heteroatoms. The van der Waals surface area contributed by atoms with Gasteiger partial charge in [0.1, 0.15) is 6.10 Å². The third-order valence-corrected chi connectivity index (χ3v) is 4.12. The largest absolute Gasteiger partial charge is 0.479 e. The van der Waals surface area contributed by atoms with Crippen LogP contribution in [0.1, 0.15) is 31.6 Å². The average molecular weight is 366 g/mol. The molecule has 1 aromatic carbocycles. The first kappa shape index (κ1) is 17.4. The van der Waals surface area contributed by atoms with Gasteiger partial charge in [-0.25, -0.2) is 4.79 Å². The Labute approximate surface area is 148 Å². The summed E-state index contributed by atoms with van der Waals surface area (Å²) in [6, 6.07) is 6.41. The van der Waals surface area contributed by atoms with Crippen LogP contribution >= 0.6 is 11.6 Å². The lowest BCUT2D eigenvalue weighted by Crippen LogP contribution is -2.37. The van der Waals surface area contributed by atoms with E-state index in [0.29, 0.717) is 35.1 Å². The molecule has 1 fully saturated rings. The van der Waals surface area contributed by atoms with Gasteiger partial charge >= 0.3 is 5.97 Å². The number of ether oxygens (including phenoxy) is 1. The number of carboxylic acids is 1. The predicted molar refractivity (Wildman–Crippen MR) is 86.8 cm³/mol. The van der Waals surface area contributed by atoms with E-state index in [2.05, 4.69) is 15.5 Å². The number of carbonyl (C=O) groups is 2. The van der Waals surface area contributed by atoms with Crippen LogP contribution in [0.5, 0.6) is 0 Å². The number of nitrogens with zero attached hydrogens (tertiary/aromatic N) is 2. The minimum atomic E-state index is -1.06. The molecule has 3 rings (SSSR count). The number of nitrogens with one attached hydrogen (secondary N) is 1. The van der Waals surface area contributed by atoms with Crippen LogP contribution in [-0.2, 0) is 14.3 Å². The van der Waals surface area contributed by atoms with Gasteiger partial charge in [-0.1, -0.05) is 16.8 Å². The van der Waals surface area contributed by atoms with E-state index in [-0.39, 0.29) is 0 Å². The molecule has 0 aliphatic carbocycles. The normalized spacial score (nSPS) is 21.0. The molecule has 1 amide bonds.